The molecule has 0 saturated carbocycles. The molecule has 1 amide bonds. The Bertz CT molecular complexity index is 339. The quantitative estimate of drug-likeness (QED) is 0.632. The molecule has 1 aromatic rings. The van der Waals surface area contributed by atoms with Crippen molar-refractivity contribution in [3.8, 4) is 0 Å². The number of aromatic nitrogens is 1. The Morgan fingerprint density at radius 2 is 2.47 bits per heavy atom. The number of carbonyl (C=O) groups is 1. The minimum absolute atomic E-state index is 0.216. The van der Waals surface area contributed by atoms with Gasteiger partial charge in [-0.1, -0.05) is 0 Å². The van der Waals surface area contributed by atoms with Gasteiger partial charge in [0.1, 0.15) is 5.69 Å². The van der Waals surface area contributed by atoms with Crippen LogP contribution in [-0.2, 0) is 6.54 Å². The highest BCUT2D eigenvalue weighted by Crippen LogP contribution is 2.00. The summed E-state index contributed by atoms with van der Waals surface area (Å²) in [6.45, 7) is 2.19. The number of pyridine rings is 1. The minimum Gasteiger partial charge on any atom is -0.392 e. The summed E-state index contributed by atoms with van der Waals surface area (Å²) in [7, 11) is 0. The second kappa shape index (κ2) is 5.43. The zero-order chi connectivity index (χ0) is 11.3. The van der Waals surface area contributed by atoms with Crippen LogP contribution in [0.3, 0.4) is 0 Å². The Balaban J connectivity index is 2.65. The average molecular weight is 209 g/mol. The van der Waals surface area contributed by atoms with E-state index in [1.54, 1.807) is 25.3 Å². The third-order valence-corrected chi connectivity index (χ3v) is 1.85. The van der Waals surface area contributed by atoms with E-state index in [9.17, 15) is 4.79 Å². The number of carbonyl (C=O) groups excluding carboxylic acids is 1. The van der Waals surface area contributed by atoms with Gasteiger partial charge in [0.2, 0.25) is 0 Å². The first-order chi connectivity index (χ1) is 7.13. The van der Waals surface area contributed by atoms with E-state index in [1.165, 1.54) is 0 Å². The van der Waals surface area contributed by atoms with E-state index < -0.39 is 6.10 Å². The highest BCUT2D eigenvalue weighted by Gasteiger charge is 2.07. The Morgan fingerprint density at radius 3 is 3.07 bits per heavy atom. The van der Waals surface area contributed by atoms with E-state index in [0.717, 1.165) is 5.56 Å². The van der Waals surface area contributed by atoms with E-state index in [0.29, 0.717) is 12.2 Å². The van der Waals surface area contributed by atoms with Gasteiger partial charge in [0.15, 0.2) is 0 Å². The smallest absolute Gasteiger partial charge is 0.269 e. The number of amides is 1. The molecule has 5 nitrogen and oxygen atoms in total. The van der Waals surface area contributed by atoms with Crippen molar-refractivity contribution in [3.63, 3.8) is 0 Å². The van der Waals surface area contributed by atoms with Gasteiger partial charge in [-0.15, -0.1) is 0 Å². The van der Waals surface area contributed by atoms with Crippen molar-refractivity contribution in [2.24, 2.45) is 5.73 Å². The van der Waals surface area contributed by atoms with Crippen LogP contribution in [0.4, 0.5) is 0 Å². The van der Waals surface area contributed by atoms with Crippen molar-refractivity contribution < 1.29 is 9.90 Å². The van der Waals surface area contributed by atoms with E-state index >= 15 is 0 Å². The van der Waals surface area contributed by atoms with Gasteiger partial charge in [-0.25, -0.2) is 0 Å². The van der Waals surface area contributed by atoms with Gasteiger partial charge in [-0.05, 0) is 24.6 Å². The molecular weight excluding hydrogens is 194 g/mol. The molecule has 1 rings (SSSR count). The second-order valence-corrected chi connectivity index (χ2v) is 3.31. The maximum atomic E-state index is 11.5. The molecule has 1 heterocycles. The number of hydrogen-bond donors (Lipinski definition) is 3. The van der Waals surface area contributed by atoms with E-state index in [4.69, 9.17) is 10.8 Å². The topological polar surface area (TPSA) is 88.2 Å². The molecule has 0 fully saturated rings. The highest BCUT2D eigenvalue weighted by molar-refractivity contribution is 5.92. The lowest BCUT2D eigenvalue weighted by molar-refractivity contribution is 0.0919. The monoisotopic (exact) mass is 209 g/mol. The van der Waals surface area contributed by atoms with Gasteiger partial charge < -0.3 is 16.2 Å². The summed E-state index contributed by atoms with van der Waals surface area (Å²) in [6, 6.07) is 3.39. The lowest BCUT2D eigenvalue weighted by atomic mass is 10.2. The fourth-order valence-electron chi connectivity index (χ4n) is 1.06. The molecule has 0 aliphatic heterocycles. The number of aliphatic hydroxyl groups is 1. The summed E-state index contributed by atoms with van der Waals surface area (Å²) in [5.41, 5.74) is 6.61. The molecule has 15 heavy (non-hydrogen) atoms. The van der Waals surface area contributed by atoms with Crippen LogP contribution in [-0.4, -0.2) is 28.6 Å². The van der Waals surface area contributed by atoms with Crippen LogP contribution in [0.2, 0.25) is 0 Å². The van der Waals surface area contributed by atoms with Crippen LogP contribution in [0, 0.1) is 0 Å². The summed E-state index contributed by atoms with van der Waals surface area (Å²) in [5.74, 6) is -0.300. The van der Waals surface area contributed by atoms with Crippen LogP contribution >= 0.6 is 0 Å². The first-order valence-electron chi connectivity index (χ1n) is 4.74. The number of hydrogen-bond acceptors (Lipinski definition) is 4. The fourth-order valence-corrected chi connectivity index (χ4v) is 1.06. The van der Waals surface area contributed by atoms with E-state index in [1.807, 2.05) is 0 Å². The van der Waals surface area contributed by atoms with Gasteiger partial charge in [-0.2, -0.15) is 0 Å². The molecule has 1 unspecified atom stereocenters. The Labute approximate surface area is 88.3 Å². The summed E-state index contributed by atoms with van der Waals surface area (Å²) in [5, 5.41) is 11.6. The molecule has 0 bridgehead atoms. The summed E-state index contributed by atoms with van der Waals surface area (Å²) in [4.78, 5) is 15.4. The van der Waals surface area contributed by atoms with Crippen LogP contribution in [0.25, 0.3) is 0 Å². The van der Waals surface area contributed by atoms with Gasteiger partial charge in [0.05, 0.1) is 6.10 Å². The van der Waals surface area contributed by atoms with Gasteiger partial charge in [0.25, 0.3) is 5.91 Å². The molecule has 0 aromatic carbocycles. The summed E-state index contributed by atoms with van der Waals surface area (Å²) in [6.07, 6.45) is 0.978. The lowest BCUT2D eigenvalue weighted by Crippen LogP contribution is -2.31. The molecule has 0 aliphatic rings. The molecule has 4 N–H and O–H groups in total. The zero-order valence-corrected chi connectivity index (χ0v) is 8.60. The van der Waals surface area contributed by atoms with Gasteiger partial charge in [0, 0.05) is 19.3 Å². The lowest BCUT2D eigenvalue weighted by Gasteiger charge is -2.06. The standard InChI is InChI=1S/C10H15N3O2/c1-7(14)6-13-10(15)9-4-8(5-11)2-3-12-9/h2-4,7,14H,5-6,11H2,1H3,(H,13,15). The number of nitrogens with one attached hydrogen (secondary N) is 1. The largest absolute Gasteiger partial charge is 0.392 e. The fraction of sp³-hybridized carbons (Fsp3) is 0.400. The predicted octanol–water partition coefficient (Wildman–Crippen LogP) is -0.349. The normalized spacial score (nSPS) is 12.2. The number of nitrogens with two attached hydrogens (primary N) is 1. The molecule has 0 aliphatic carbocycles. The molecule has 1 aromatic heterocycles. The number of rotatable bonds is 4. The van der Waals surface area contributed by atoms with Crippen LogP contribution in [0.1, 0.15) is 23.0 Å². The van der Waals surface area contributed by atoms with Crippen molar-refractivity contribution in [2.75, 3.05) is 6.54 Å². The summed E-state index contributed by atoms with van der Waals surface area (Å²) >= 11 is 0. The van der Waals surface area contributed by atoms with Crippen molar-refractivity contribution >= 4 is 5.91 Å². The maximum absolute atomic E-state index is 11.5. The van der Waals surface area contributed by atoms with Crippen molar-refractivity contribution in [2.45, 2.75) is 19.6 Å². The van der Waals surface area contributed by atoms with Crippen molar-refractivity contribution in [1.29, 1.82) is 0 Å². The predicted molar refractivity (Wildman–Crippen MR) is 56.1 cm³/mol. The minimum atomic E-state index is -0.563. The number of nitrogens with zero attached hydrogens (tertiary/aromatic N) is 1. The maximum Gasteiger partial charge on any atom is 0.269 e. The SMILES string of the molecule is CC(O)CNC(=O)c1cc(CN)ccn1. The first-order valence-corrected chi connectivity index (χ1v) is 4.74. The van der Waals surface area contributed by atoms with Crippen LogP contribution in [0.5, 0.6) is 0 Å². The second-order valence-electron chi connectivity index (χ2n) is 3.31. The third kappa shape index (κ3) is 3.65. The van der Waals surface area contributed by atoms with Crippen LogP contribution < -0.4 is 11.1 Å². The van der Waals surface area contributed by atoms with Crippen molar-refractivity contribution in [1.82, 2.24) is 10.3 Å². The van der Waals surface area contributed by atoms with E-state index in [2.05, 4.69) is 10.3 Å². The van der Waals surface area contributed by atoms with E-state index in [-0.39, 0.29) is 12.5 Å². The highest BCUT2D eigenvalue weighted by atomic mass is 16.3. The molecule has 0 saturated heterocycles. The van der Waals surface area contributed by atoms with Gasteiger partial charge >= 0.3 is 0 Å². The first kappa shape index (κ1) is 11.6. The Morgan fingerprint density at radius 1 is 1.73 bits per heavy atom. The molecule has 5 heteroatoms. The molecule has 82 valence electrons. The average Bonchev–Trinajstić information content (AvgIpc) is 2.26. The van der Waals surface area contributed by atoms with Crippen molar-refractivity contribution in [3.05, 3.63) is 29.6 Å². The number of aliphatic hydroxyl groups excluding tert-OH is 1. The molecule has 1 atom stereocenters. The summed E-state index contributed by atoms with van der Waals surface area (Å²) < 4.78 is 0. The molecule has 0 spiro atoms. The zero-order valence-electron chi connectivity index (χ0n) is 8.60. The molecule has 0 radical (unpaired) electrons. The van der Waals surface area contributed by atoms with Crippen LogP contribution in [0.15, 0.2) is 18.3 Å². The Hall–Kier alpha value is -1.46. The third-order valence-electron chi connectivity index (χ3n) is 1.85. The molecular formula is C10H15N3O2. The Kier molecular flexibility index (Phi) is 4.20. The van der Waals surface area contributed by atoms with Gasteiger partial charge in [-0.3, -0.25) is 9.78 Å².